The molecule has 1 fully saturated rings. The molecule has 0 aliphatic heterocycles. The summed E-state index contributed by atoms with van der Waals surface area (Å²) >= 11 is 0. The highest BCUT2D eigenvalue weighted by Crippen LogP contribution is 2.29. The average molecular weight is 512 g/mol. The number of rotatable bonds is 9. The molecule has 0 heterocycles. The summed E-state index contributed by atoms with van der Waals surface area (Å²) in [5.41, 5.74) is 2.85. The first-order valence-electron chi connectivity index (χ1n) is 11.1. The highest BCUT2D eigenvalue weighted by atomic mass is 35.5. The first-order chi connectivity index (χ1) is 15.7. The quantitative estimate of drug-likeness (QED) is 0.495. The van der Waals surface area contributed by atoms with E-state index >= 15 is 0 Å². The monoisotopic (exact) mass is 511 g/mol. The van der Waals surface area contributed by atoms with Gasteiger partial charge in [-0.3, -0.25) is 15.4 Å². The lowest BCUT2D eigenvalue weighted by Crippen LogP contribution is -2.41. The Kier molecular flexibility index (Phi) is 10.3. The molecule has 1 saturated carbocycles. The first-order valence-corrected chi connectivity index (χ1v) is 12.6. The smallest absolute Gasteiger partial charge is 0.236 e. The number of carbonyl (C=O) groups excluding carboxylic acids is 1. The zero-order valence-corrected chi connectivity index (χ0v) is 21.4. The van der Waals surface area contributed by atoms with Crippen LogP contribution < -0.4 is 10.2 Å². The van der Waals surface area contributed by atoms with E-state index in [4.69, 9.17) is 4.74 Å². The van der Waals surface area contributed by atoms with Gasteiger partial charge in [-0.2, -0.15) is 0 Å². The van der Waals surface area contributed by atoms with Crippen LogP contribution in [0.4, 0.5) is 0 Å². The second-order valence-corrected chi connectivity index (χ2v) is 10.6. The van der Waals surface area contributed by atoms with Crippen molar-refractivity contribution in [3.63, 3.8) is 0 Å². The van der Waals surface area contributed by atoms with Gasteiger partial charge < -0.3 is 9.64 Å². The van der Waals surface area contributed by atoms with Crippen molar-refractivity contribution >= 4 is 28.2 Å². The van der Waals surface area contributed by atoms with Gasteiger partial charge in [-0.15, -0.1) is 12.4 Å². The topological polar surface area (TPSA) is 99.2 Å². The molecule has 0 bridgehead atoms. The van der Waals surface area contributed by atoms with Crippen LogP contribution in [0.5, 0.6) is 5.75 Å². The Hall–Kier alpha value is -2.17. The third kappa shape index (κ3) is 7.16. The number of nitrogens with zero attached hydrogens (tertiary/aromatic N) is 2. The van der Waals surface area contributed by atoms with Gasteiger partial charge >= 0.3 is 0 Å². The maximum absolute atomic E-state index is 13.2. The van der Waals surface area contributed by atoms with Gasteiger partial charge in [0.15, 0.2) is 0 Å². The third-order valence-corrected chi connectivity index (χ3v) is 8.10. The number of amides is 1. The molecule has 34 heavy (non-hydrogen) atoms. The summed E-state index contributed by atoms with van der Waals surface area (Å²) < 4.78 is 31.4. The molecule has 10 heteroatoms. The minimum Gasteiger partial charge on any atom is -0.497 e. The van der Waals surface area contributed by atoms with Crippen LogP contribution in [0.3, 0.4) is 0 Å². The first kappa shape index (κ1) is 28.1. The van der Waals surface area contributed by atoms with E-state index in [1.807, 2.05) is 0 Å². The third-order valence-electron chi connectivity index (χ3n) is 6.23. The number of hydroxylamine groups is 1. The Labute approximate surface area is 208 Å². The molecule has 1 aliphatic rings. The number of hydrogen-bond donors (Lipinski definition) is 2. The van der Waals surface area contributed by atoms with Crippen LogP contribution in [0.15, 0.2) is 58.3 Å². The summed E-state index contributed by atoms with van der Waals surface area (Å²) in [6.07, 6.45) is 4.41. The van der Waals surface area contributed by atoms with Crippen LogP contribution in [0, 0.1) is 5.92 Å². The van der Waals surface area contributed by atoms with Gasteiger partial charge in [0, 0.05) is 12.5 Å². The van der Waals surface area contributed by atoms with E-state index in [0.717, 1.165) is 25.7 Å². The van der Waals surface area contributed by atoms with E-state index in [2.05, 4.69) is 24.4 Å². The predicted octanol–water partition coefficient (Wildman–Crippen LogP) is 3.68. The number of hydrogen-bond acceptors (Lipinski definition) is 7. The molecule has 1 amide bonds. The highest BCUT2D eigenvalue weighted by Gasteiger charge is 2.25. The van der Waals surface area contributed by atoms with Crippen LogP contribution in [0.25, 0.3) is 0 Å². The van der Waals surface area contributed by atoms with Crippen molar-refractivity contribution in [2.24, 2.45) is 5.92 Å². The maximum Gasteiger partial charge on any atom is 0.236 e. The molecular weight excluding hydrogens is 478 g/mol. The summed E-state index contributed by atoms with van der Waals surface area (Å²) in [4.78, 5) is 14.9. The molecule has 0 radical (unpaired) electrons. The number of nitrogens with one attached hydrogen (secondary N) is 1. The fourth-order valence-corrected chi connectivity index (χ4v) is 5.78. The normalized spacial score (nSPS) is 18.4. The second-order valence-electron chi connectivity index (χ2n) is 8.72. The van der Waals surface area contributed by atoms with E-state index in [1.165, 1.54) is 25.3 Å². The Balaban J connectivity index is 0.00000408. The van der Waals surface area contributed by atoms with Crippen LogP contribution in [-0.4, -0.2) is 56.9 Å². The van der Waals surface area contributed by atoms with Gasteiger partial charge in [-0.1, -0.05) is 23.4 Å². The molecule has 1 aliphatic carbocycles. The van der Waals surface area contributed by atoms with Crippen LogP contribution in [0.2, 0.25) is 0 Å². The molecule has 8 nitrogen and oxygen atoms in total. The fourth-order valence-electron chi connectivity index (χ4n) is 4.30. The molecule has 0 saturated heterocycles. The molecule has 0 spiro atoms. The minimum atomic E-state index is -3.81. The van der Waals surface area contributed by atoms with Crippen molar-refractivity contribution in [1.29, 1.82) is 0 Å². The number of methoxy groups -OCH3 is 1. The molecule has 2 aromatic carbocycles. The van der Waals surface area contributed by atoms with Gasteiger partial charge in [-0.25, -0.2) is 8.42 Å². The Bertz CT molecular complexity index is 1040. The summed E-state index contributed by atoms with van der Waals surface area (Å²) in [6, 6.07) is 13.1. The standard InChI is InChI=1S/C24H33N3O5S.ClH/c1-26(2)20-10-8-18(9-11-20)16-24(28)25-27(29)17-19-6-4-5-7-23(19)33(30,31)22-14-12-21(32-3)13-15-22;/h4-7,12-15,18,20,29H,8-11,16-17H2,1-3H3,(H,25,28);1H. The van der Waals surface area contributed by atoms with Gasteiger partial charge in [0.1, 0.15) is 5.75 Å². The molecule has 0 unspecified atom stereocenters. The average Bonchev–Trinajstić information content (AvgIpc) is 2.79. The van der Waals surface area contributed by atoms with Crippen LogP contribution >= 0.6 is 12.4 Å². The van der Waals surface area contributed by atoms with Crippen molar-refractivity contribution in [1.82, 2.24) is 15.5 Å². The molecule has 188 valence electrons. The SMILES string of the molecule is COc1ccc(S(=O)(=O)c2ccccc2CN(O)NC(=O)CC2CCC(N(C)C)CC2)cc1.Cl. The zero-order chi connectivity index (χ0) is 24.0. The van der Waals surface area contributed by atoms with E-state index in [-0.39, 0.29) is 40.6 Å². The lowest BCUT2D eigenvalue weighted by molar-refractivity contribution is -0.166. The lowest BCUT2D eigenvalue weighted by Gasteiger charge is -2.32. The van der Waals surface area contributed by atoms with Gasteiger partial charge in [-0.05, 0) is 81.6 Å². The number of ether oxygens (including phenoxy) is 1. The Morgan fingerprint density at radius 3 is 2.26 bits per heavy atom. The van der Waals surface area contributed by atoms with E-state index < -0.39 is 9.84 Å². The summed E-state index contributed by atoms with van der Waals surface area (Å²) in [7, 11) is 1.85. The molecule has 0 aromatic heterocycles. The van der Waals surface area contributed by atoms with E-state index in [9.17, 15) is 18.4 Å². The summed E-state index contributed by atoms with van der Waals surface area (Å²) in [5.74, 6) is 0.570. The molecular formula is C24H34ClN3O5S. The minimum absolute atomic E-state index is 0. The van der Waals surface area contributed by atoms with Crippen molar-refractivity contribution in [2.45, 2.75) is 54.5 Å². The number of halogens is 1. The van der Waals surface area contributed by atoms with Crippen LogP contribution in [-0.2, 0) is 21.2 Å². The van der Waals surface area contributed by atoms with Crippen molar-refractivity contribution in [3.8, 4) is 5.75 Å². The molecule has 2 N–H and O–H groups in total. The lowest BCUT2D eigenvalue weighted by atomic mass is 9.83. The zero-order valence-electron chi connectivity index (χ0n) is 19.8. The van der Waals surface area contributed by atoms with E-state index in [0.29, 0.717) is 28.9 Å². The van der Waals surface area contributed by atoms with Gasteiger partial charge in [0.2, 0.25) is 15.7 Å². The highest BCUT2D eigenvalue weighted by molar-refractivity contribution is 7.91. The van der Waals surface area contributed by atoms with Crippen molar-refractivity contribution in [2.75, 3.05) is 21.2 Å². The largest absolute Gasteiger partial charge is 0.497 e. The maximum atomic E-state index is 13.2. The van der Waals surface area contributed by atoms with Crippen LogP contribution in [0.1, 0.15) is 37.7 Å². The number of sulfone groups is 1. The Morgan fingerprint density at radius 1 is 1.06 bits per heavy atom. The number of benzene rings is 2. The number of hydrazine groups is 1. The molecule has 3 rings (SSSR count). The van der Waals surface area contributed by atoms with Gasteiger partial charge in [0.25, 0.3) is 0 Å². The molecule has 0 atom stereocenters. The Morgan fingerprint density at radius 2 is 1.68 bits per heavy atom. The van der Waals surface area contributed by atoms with Gasteiger partial charge in [0.05, 0.1) is 23.4 Å². The molecule has 2 aromatic rings. The summed E-state index contributed by atoms with van der Waals surface area (Å²) in [5, 5.41) is 11.0. The van der Waals surface area contributed by atoms with E-state index in [1.54, 1.807) is 30.3 Å². The van der Waals surface area contributed by atoms with Crippen molar-refractivity contribution < 1.29 is 23.2 Å². The van der Waals surface area contributed by atoms with Crippen molar-refractivity contribution in [3.05, 3.63) is 54.1 Å². The predicted molar refractivity (Wildman–Crippen MR) is 132 cm³/mol. The number of carbonyl (C=O) groups is 1. The second kappa shape index (κ2) is 12.5. The summed E-state index contributed by atoms with van der Waals surface area (Å²) in [6.45, 7) is -0.162. The fraction of sp³-hybridized carbons (Fsp3) is 0.458.